The standard InChI is InChI=1S/C14H25N3O2/c1-2-17-9-5-8-12(17)10-15-13(18)14(19)16-11-6-3-4-7-11/h11-12H,2-10H2,1H3,(H,15,18)(H,16,19)/t12-/m0/s1. The summed E-state index contributed by atoms with van der Waals surface area (Å²) in [4.78, 5) is 25.8. The molecule has 2 fully saturated rings. The normalized spacial score (nSPS) is 24.6. The fraction of sp³-hybridized carbons (Fsp3) is 0.857. The second-order valence-corrected chi connectivity index (χ2v) is 5.59. The van der Waals surface area contributed by atoms with E-state index in [0.717, 1.165) is 45.2 Å². The Balaban J connectivity index is 1.69. The van der Waals surface area contributed by atoms with Gasteiger partial charge in [0, 0.05) is 18.6 Å². The van der Waals surface area contributed by atoms with Crippen molar-refractivity contribution in [3.05, 3.63) is 0 Å². The molecular formula is C14H25N3O2. The lowest BCUT2D eigenvalue weighted by atomic mass is 10.2. The molecule has 1 saturated carbocycles. The third-order valence-corrected chi connectivity index (χ3v) is 4.30. The number of hydrogen-bond acceptors (Lipinski definition) is 3. The highest BCUT2D eigenvalue weighted by Gasteiger charge is 2.25. The van der Waals surface area contributed by atoms with Crippen LogP contribution in [0.1, 0.15) is 45.4 Å². The van der Waals surface area contributed by atoms with Gasteiger partial charge in [-0.05, 0) is 38.8 Å². The molecule has 108 valence electrons. The smallest absolute Gasteiger partial charge is 0.309 e. The monoisotopic (exact) mass is 267 g/mol. The van der Waals surface area contributed by atoms with Gasteiger partial charge in [0.05, 0.1) is 0 Å². The molecule has 2 amide bonds. The predicted octanol–water partition coefficient (Wildman–Crippen LogP) is 0.646. The molecule has 1 saturated heterocycles. The lowest BCUT2D eigenvalue weighted by Gasteiger charge is -2.22. The van der Waals surface area contributed by atoms with Crippen LogP contribution >= 0.6 is 0 Å². The summed E-state index contributed by atoms with van der Waals surface area (Å²) >= 11 is 0. The quantitative estimate of drug-likeness (QED) is 0.735. The van der Waals surface area contributed by atoms with Gasteiger partial charge in [0.15, 0.2) is 0 Å². The minimum absolute atomic E-state index is 0.205. The maximum atomic E-state index is 11.7. The second-order valence-electron chi connectivity index (χ2n) is 5.59. The first kappa shape index (κ1) is 14.3. The van der Waals surface area contributed by atoms with Crippen LogP contribution in [0.25, 0.3) is 0 Å². The van der Waals surface area contributed by atoms with Gasteiger partial charge in [0.25, 0.3) is 0 Å². The van der Waals surface area contributed by atoms with E-state index in [-0.39, 0.29) is 6.04 Å². The van der Waals surface area contributed by atoms with Crippen molar-refractivity contribution in [2.75, 3.05) is 19.6 Å². The van der Waals surface area contributed by atoms with E-state index in [9.17, 15) is 9.59 Å². The number of amides is 2. The SMILES string of the molecule is CCN1CCC[C@H]1CNC(=O)C(=O)NC1CCCC1. The molecule has 1 aliphatic carbocycles. The highest BCUT2D eigenvalue weighted by atomic mass is 16.2. The van der Waals surface area contributed by atoms with Crippen molar-refractivity contribution in [2.24, 2.45) is 0 Å². The second kappa shape index (κ2) is 6.89. The molecule has 2 N–H and O–H groups in total. The minimum atomic E-state index is -0.477. The number of nitrogens with one attached hydrogen (secondary N) is 2. The molecular weight excluding hydrogens is 242 g/mol. The summed E-state index contributed by atoms with van der Waals surface area (Å²) in [6.45, 7) is 4.83. The molecule has 0 bridgehead atoms. The number of rotatable bonds is 4. The summed E-state index contributed by atoms with van der Waals surface area (Å²) in [6.07, 6.45) is 6.61. The maximum Gasteiger partial charge on any atom is 0.309 e. The van der Waals surface area contributed by atoms with Gasteiger partial charge in [-0.1, -0.05) is 19.8 Å². The molecule has 2 aliphatic rings. The lowest BCUT2D eigenvalue weighted by molar-refractivity contribution is -0.139. The Morgan fingerprint density at radius 3 is 2.53 bits per heavy atom. The minimum Gasteiger partial charge on any atom is -0.346 e. The summed E-state index contributed by atoms with van der Waals surface area (Å²) in [7, 11) is 0. The van der Waals surface area contributed by atoms with E-state index in [1.807, 2.05) is 0 Å². The summed E-state index contributed by atoms with van der Waals surface area (Å²) < 4.78 is 0. The van der Waals surface area contributed by atoms with Gasteiger partial charge in [-0.25, -0.2) is 0 Å². The number of likely N-dealkylation sites (tertiary alicyclic amines) is 1. The molecule has 0 unspecified atom stereocenters. The number of carbonyl (C=O) groups is 2. The van der Waals surface area contributed by atoms with Crippen molar-refractivity contribution in [1.29, 1.82) is 0 Å². The molecule has 19 heavy (non-hydrogen) atoms. The van der Waals surface area contributed by atoms with Gasteiger partial charge < -0.3 is 10.6 Å². The Kier molecular flexibility index (Phi) is 5.19. The van der Waals surface area contributed by atoms with Gasteiger partial charge >= 0.3 is 11.8 Å². The van der Waals surface area contributed by atoms with Crippen LogP contribution in [0, 0.1) is 0 Å². The van der Waals surface area contributed by atoms with Crippen molar-refractivity contribution < 1.29 is 9.59 Å². The Labute approximate surface area is 115 Å². The van der Waals surface area contributed by atoms with Crippen LogP contribution in [0.3, 0.4) is 0 Å². The van der Waals surface area contributed by atoms with Gasteiger partial charge in [0.1, 0.15) is 0 Å². The molecule has 2 rings (SSSR count). The van der Waals surface area contributed by atoms with Crippen LogP contribution in [0.4, 0.5) is 0 Å². The molecule has 5 nitrogen and oxygen atoms in total. The first-order valence-electron chi connectivity index (χ1n) is 7.53. The highest BCUT2D eigenvalue weighted by molar-refractivity contribution is 6.35. The Hall–Kier alpha value is -1.10. The summed E-state index contributed by atoms with van der Waals surface area (Å²) in [5.41, 5.74) is 0. The topological polar surface area (TPSA) is 61.4 Å². The van der Waals surface area contributed by atoms with Gasteiger partial charge in [-0.2, -0.15) is 0 Å². The van der Waals surface area contributed by atoms with E-state index in [1.165, 1.54) is 6.42 Å². The van der Waals surface area contributed by atoms with E-state index in [0.29, 0.717) is 12.6 Å². The summed E-state index contributed by atoms with van der Waals surface area (Å²) in [6, 6.07) is 0.602. The van der Waals surface area contributed by atoms with Crippen LogP contribution in [-0.2, 0) is 9.59 Å². The van der Waals surface area contributed by atoms with Crippen LogP contribution < -0.4 is 10.6 Å². The summed E-state index contributed by atoms with van der Waals surface area (Å²) in [5.74, 6) is -0.942. The van der Waals surface area contributed by atoms with Crippen molar-refractivity contribution in [2.45, 2.75) is 57.5 Å². The fourth-order valence-corrected chi connectivity index (χ4v) is 3.15. The number of likely N-dealkylation sites (N-methyl/N-ethyl adjacent to an activating group) is 1. The summed E-state index contributed by atoms with van der Waals surface area (Å²) in [5, 5.41) is 5.58. The Bertz CT molecular complexity index is 327. The predicted molar refractivity (Wildman–Crippen MR) is 73.7 cm³/mol. The fourth-order valence-electron chi connectivity index (χ4n) is 3.15. The zero-order valence-electron chi connectivity index (χ0n) is 11.8. The molecule has 1 aliphatic heterocycles. The zero-order valence-corrected chi connectivity index (χ0v) is 11.8. The average Bonchev–Trinajstić information content (AvgIpc) is 3.06. The molecule has 1 atom stereocenters. The van der Waals surface area contributed by atoms with E-state index in [1.54, 1.807) is 0 Å². The van der Waals surface area contributed by atoms with Crippen molar-refractivity contribution in [3.8, 4) is 0 Å². The zero-order chi connectivity index (χ0) is 13.7. The molecule has 1 heterocycles. The number of nitrogens with zero attached hydrogens (tertiary/aromatic N) is 1. The largest absolute Gasteiger partial charge is 0.346 e. The highest BCUT2D eigenvalue weighted by Crippen LogP contribution is 2.17. The molecule has 0 aromatic heterocycles. The maximum absolute atomic E-state index is 11.7. The molecule has 5 heteroatoms. The van der Waals surface area contributed by atoms with E-state index in [2.05, 4.69) is 22.5 Å². The van der Waals surface area contributed by atoms with E-state index >= 15 is 0 Å². The van der Waals surface area contributed by atoms with Crippen molar-refractivity contribution in [1.82, 2.24) is 15.5 Å². The van der Waals surface area contributed by atoms with Gasteiger partial charge in [-0.15, -0.1) is 0 Å². The van der Waals surface area contributed by atoms with E-state index in [4.69, 9.17) is 0 Å². The van der Waals surface area contributed by atoms with Gasteiger partial charge in [0.2, 0.25) is 0 Å². The number of hydrogen-bond donors (Lipinski definition) is 2. The molecule has 0 radical (unpaired) electrons. The average molecular weight is 267 g/mol. The van der Waals surface area contributed by atoms with Gasteiger partial charge in [-0.3, -0.25) is 14.5 Å². The first-order valence-corrected chi connectivity index (χ1v) is 7.53. The lowest BCUT2D eigenvalue weighted by Crippen LogP contribution is -2.47. The first-order chi connectivity index (χ1) is 9.20. The number of carbonyl (C=O) groups excluding carboxylic acids is 2. The van der Waals surface area contributed by atoms with Crippen molar-refractivity contribution in [3.63, 3.8) is 0 Å². The molecule has 0 aromatic carbocycles. The van der Waals surface area contributed by atoms with Crippen LogP contribution in [-0.4, -0.2) is 48.4 Å². The van der Waals surface area contributed by atoms with Crippen LogP contribution in [0.5, 0.6) is 0 Å². The van der Waals surface area contributed by atoms with E-state index < -0.39 is 11.8 Å². The Morgan fingerprint density at radius 2 is 1.84 bits per heavy atom. The van der Waals surface area contributed by atoms with Crippen molar-refractivity contribution >= 4 is 11.8 Å². The van der Waals surface area contributed by atoms with Crippen LogP contribution in [0.15, 0.2) is 0 Å². The molecule has 0 aromatic rings. The Morgan fingerprint density at radius 1 is 1.11 bits per heavy atom. The van der Waals surface area contributed by atoms with Crippen LogP contribution in [0.2, 0.25) is 0 Å². The molecule has 0 spiro atoms. The third kappa shape index (κ3) is 3.93. The third-order valence-electron chi connectivity index (χ3n) is 4.30.